The third kappa shape index (κ3) is 4.99. The van der Waals surface area contributed by atoms with Gasteiger partial charge in [-0.2, -0.15) is 0 Å². The predicted molar refractivity (Wildman–Crippen MR) is 93.2 cm³/mol. The summed E-state index contributed by atoms with van der Waals surface area (Å²) in [5.41, 5.74) is 3.31. The second-order valence-electron chi connectivity index (χ2n) is 5.57. The van der Waals surface area contributed by atoms with Crippen LogP contribution in [-0.4, -0.2) is 11.2 Å². The Kier molecular flexibility index (Phi) is 6.67. The molecule has 1 radical (unpaired) electrons. The minimum atomic E-state index is -0.411. The van der Waals surface area contributed by atoms with Gasteiger partial charge in [-0.05, 0) is 35.6 Å². The summed E-state index contributed by atoms with van der Waals surface area (Å²) in [7, 11) is 0. The van der Waals surface area contributed by atoms with Gasteiger partial charge in [-0.15, -0.1) is 11.6 Å². The Morgan fingerprint density at radius 1 is 1.14 bits per heavy atom. The van der Waals surface area contributed by atoms with Gasteiger partial charge in [0.1, 0.15) is 0 Å². The number of rotatable bonds is 8. The van der Waals surface area contributed by atoms with E-state index in [0.717, 1.165) is 36.0 Å². The Morgan fingerprint density at radius 2 is 1.91 bits per heavy atom. The quantitative estimate of drug-likeness (QED) is 0.467. The number of hydrogen-bond donors (Lipinski definition) is 0. The van der Waals surface area contributed by atoms with Crippen molar-refractivity contribution in [2.75, 3.05) is 0 Å². The first-order valence-corrected chi connectivity index (χ1v) is 8.37. The number of carbonyl (C=O) groups excluding carboxylic acids is 1. The molecule has 0 heterocycles. The molecule has 0 aromatic heterocycles. The third-order valence-corrected chi connectivity index (χ3v) is 4.16. The molecule has 115 valence electrons. The molecule has 22 heavy (non-hydrogen) atoms. The van der Waals surface area contributed by atoms with Crippen molar-refractivity contribution in [1.82, 2.24) is 0 Å². The lowest BCUT2D eigenvalue weighted by atomic mass is 10.00. The van der Waals surface area contributed by atoms with Gasteiger partial charge in [0.2, 0.25) is 0 Å². The lowest BCUT2D eigenvalue weighted by Crippen LogP contribution is -2.16. The number of ketones is 1. The van der Waals surface area contributed by atoms with E-state index in [-0.39, 0.29) is 5.78 Å². The molecule has 1 atom stereocenters. The fourth-order valence-electron chi connectivity index (χ4n) is 2.42. The van der Waals surface area contributed by atoms with E-state index in [0.29, 0.717) is 12.8 Å². The molecular formula is C20H22ClO. The van der Waals surface area contributed by atoms with Crippen molar-refractivity contribution >= 4 is 17.4 Å². The highest BCUT2D eigenvalue weighted by Crippen LogP contribution is 2.20. The molecule has 0 aliphatic heterocycles. The topological polar surface area (TPSA) is 17.1 Å². The molecule has 0 spiro atoms. The number of Topliss-reactive ketones (excluding diaryl/α,β-unsaturated/α-hetero) is 1. The van der Waals surface area contributed by atoms with Crippen LogP contribution in [0.4, 0.5) is 0 Å². The zero-order valence-electron chi connectivity index (χ0n) is 13.0. The molecule has 0 aliphatic carbocycles. The molecule has 0 N–H and O–H groups in total. The van der Waals surface area contributed by atoms with Crippen LogP contribution in [-0.2, 0) is 11.2 Å². The van der Waals surface area contributed by atoms with E-state index >= 15 is 0 Å². The van der Waals surface area contributed by atoms with Gasteiger partial charge < -0.3 is 0 Å². The zero-order valence-corrected chi connectivity index (χ0v) is 13.8. The molecule has 2 aromatic rings. The molecule has 0 bridgehead atoms. The van der Waals surface area contributed by atoms with E-state index in [9.17, 15) is 4.79 Å². The molecule has 0 amide bonds. The van der Waals surface area contributed by atoms with Gasteiger partial charge in [0, 0.05) is 6.42 Å². The molecule has 2 aromatic carbocycles. The number of alkyl halides is 1. The molecule has 2 heteroatoms. The van der Waals surface area contributed by atoms with Crippen molar-refractivity contribution in [2.45, 2.75) is 44.4 Å². The molecule has 1 nitrogen and oxygen atoms in total. The van der Waals surface area contributed by atoms with Crippen LogP contribution in [0.2, 0.25) is 0 Å². The fraction of sp³-hybridized carbons (Fsp3) is 0.350. The Balaban J connectivity index is 1.92. The van der Waals surface area contributed by atoms with Crippen LogP contribution in [0.15, 0.2) is 48.5 Å². The minimum Gasteiger partial charge on any atom is -0.298 e. The highest BCUT2D eigenvalue weighted by Gasteiger charge is 2.15. The maximum atomic E-state index is 12.0. The summed E-state index contributed by atoms with van der Waals surface area (Å²) in [5, 5.41) is -0.411. The number of carbonyl (C=O) groups is 1. The fourth-order valence-corrected chi connectivity index (χ4v) is 2.71. The minimum absolute atomic E-state index is 0.163. The maximum absolute atomic E-state index is 12.0. The van der Waals surface area contributed by atoms with Crippen LogP contribution in [0.1, 0.15) is 38.2 Å². The molecule has 0 fully saturated rings. The molecular weight excluding hydrogens is 292 g/mol. The van der Waals surface area contributed by atoms with Crippen LogP contribution in [0, 0.1) is 6.07 Å². The summed E-state index contributed by atoms with van der Waals surface area (Å²) in [5.74, 6) is 0.163. The maximum Gasteiger partial charge on any atom is 0.151 e. The number of benzene rings is 2. The lowest BCUT2D eigenvalue weighted by molar-refractivity contribution is -0.118. The Labute approximate surface area is 138 Å². The molecule has 2 rings (SSSR count). The summed E-state index contributed by atoms with van der Waals surface area (Å²) in [6.07, 6.45) is 4.36. The smallest absolute Gasteiger partial charge is 0.151 e. The second-order valence-corrected chi connectivity index (χ2v) is 6.10. The van der Waals surface area contributed by atoms with Crippen molar-refractivity contribution in [3.63, 3.8) is 0 Å². The van der Waals surface area contributed by atoms with Crippen molar-refractivity contribution in [2.24, 2.45) is 0 Å². The van der Waals surface area contributed by atoms with E-state index < -0.39 is 5.38 Å². The van der Waals surface area contributed by atoms with Crippen molar-refractivity contribution in [1.29, 1.82) is 0 Å². The second kappa shape index (κ2) is 8.75. The van der Waals surface area contributed by atoms with Crippen LogP contribution in [0.5, 0.6) is 0 Å². The Hall–Kier alpha value is -1.60. The monoisotopic (exact) mass is 313 g/mol. The van der Waals surface area contributed by atoms with Gasteiger partial charge in [0.05, 0.1) is 5.38 Å². The van der Waals surface area contributed by atoms with Crippen LogP contribution in [0.25, 0.3) is 11.1 Å². The van der Waals surface area contributed by atoms with Crippen LogP contribution < -0.4 is 0 Å². The summed E-state index contributed by atoms with van der Waals surface area (Å²) in [6.45, 7) is 2.13. The average molecular weight is 314 g/mol. The highest BCUT2D eigenvalue weighted by atomic mass is 35.5. The third-order valence-electron chi connectivity index (χ3n) is 3.77. The summed E-state index contributed by atoms with van der Waals surface area (Å²) in [4.78, 5) is 12.0. The number of halogens is 1. The van der Waals surface area contributed by atoms with Crippen molar-refractivity contribution in [3.8, 4) is 11.1 Å². The lowest BCUT2D eigenvalue weighted by Gasteiger charge is -2.09. The predicted octanol–water partition coefficient (Wildman–Crippen LogP) is 5.45. The van der Waals surface area contributed by atoms with E-state index in [1.165, 1.54) is 0 Å². The van der Waals surface area contributed by atoms with E-state index in [1.54, 1.807) is 0 Å². The Bertz CT molecular complexity index is 574. The Morgan fingerprint density at radius 3 is 2.55 bits per heavy atom. The molecule has 0 aliphatic rings. The summed E-state index contributed by atoms with van der Waals surface area (Å²) in [6, 6.07) is 19.3. The first kappa shape index (κ1) is 16.8. The van der Waals surface area contributed by atoms with Gasteiger partial charge in [-0.1, -0.05) is 68.3 Å². The van der Waals surface area contributed by atoms with E-state index in [1.807, 2.05) is 36.4 Å². The normalized spacial score (nSPS) is 12.1. The average Bonchev–Trinajstić information content (AvgIpc) is 2.56. The van der Waals surface area contributed by atoms with Crippen LogP contribution >= 0.6 is 11.6 Å². The van der Waals surface area contributed by atoms with Gasteiger partial charge in [-0.3, -0.25) is 4.79 Å². The number of unbranched alkanes of at least 4 members (excludes halogenated alkanes) is 2. The molecule has 0 saturated carbocycles. The van der Waals surface area contributed by atoms with Crippen molar-refractivity contribution < 1.29 is 4.79 Å². The SMILES string of the molecule is CCCCCC(=O)C(Cl)Cc1ccc(-c2[c]cccc2)cc1. The van der Waals surface area contributed by atoms with Gasteiger partial charge in [-0.25, -0.2) is 0 Å². The van der Waals surface area contributed by atoms with E-state index in [2.05, 4.69) is 25.1 Å². The largest absolute Gasteiger partial charge is 0.298 e. The van der Waals surface area contributed by atoms with E-state index in [4.69, 9.17) is 11.6 Å². The summed E-state index contributed by atoms with van der Waals surface area (Å²) < 4.78 is 0. The molecule has 0 saturated heterocycles. The number of hydrogen-bond acceptors (Lipinski definition) is 1. The van der Waals surface area contributed by atoms with Gasteiger partial charge >= 0.3 is 0 Å². The first-order chi connectivity index (χ1) is 10.7. The zero-order chi connectivity index (χ0) is 15.8. The highest BCUT2D eigenvalue weighted by molar-refractivity contribution is 6.31. The molecule has 1 unspecified atom stereocenters. The van der Waals surface area contributed by atoms with Gasteiger partial charge in [0.15, 0.2) is 5.78 Å². The summed E-state index contributed by atoms with van der Waals surface area (Å²) >= 11 is 6.25. The standard InChI is InChI=1S/C20H22ClO/c1-2-3-5-10-20(22)19(21)15-16-11-13-18(14-12-16)17-8-6-4-7-9-17/h4,6-8,11-14,19H,2-3,5,10,15H2,1H3. The van der Waals surface area contributed by atoms with Crippen LogP contribution in [0.3, 0.4) is 0 Å². The van der Waals surface area contributed by atoms with Gasteiger partial charge in [0.25, 0.3) is 0 Å². The first-order valence-electron chi connectivity index (χ1n) is 7.93. The van der Waals surface area contributed by atoms with Crippen molar-refractivity contribution in [3.05, 3.63) is 60.2 Å².